The van der Waals surface area contributed by atoms with E-state index in [1.165, 1.54) is 53.1 Å². The molecular weight excluding hydrogens is 553 g/mol. The molecule has 0 amide bonds. The van der Waals surface area contributed by atoms with Gasteiger partial charge in [0.05, 0.1) is 28.1 Å². The monoisotopic (exact) mass is 578 g/mol. The van der Waals surface area contributed by atoms with Crippen molar-refractivity contribution in [1.82, 2.24) is 9.55 Å². The molecule has 0 atom stereocenters. The molecule has 9 aromatic rings. The Kier molecular flexibility index (Phi) is 5.71. The first-order valence-corrected chi connectivity index (χ1v) is 15.7. The highest BCUT2D eigenvalue weighted by Gasteiger charge is 2.17. The Morgan fingerprint density at radius 1 is 0.432 bits per heavy atom. The van der Waals surface area contributed by atoms with Crippen LogP contribution in [0.5, 0.6) is 0 Å². The van der Waals surface area contributed by atoms with Crippen LogP contribution in [-0.4, -0.2) is 9.55 Å². The van der Waals surface area contributed by atoms with Gasteiger partial charge in [-0.25, -0.2) is 4.98 Å². The molecule has 0 aliphatic rings. The zero-order valence-electron chi connectivity index (χ0n) is 23.8. The first kappa shape index (κ1) is 25.0. The predicted octanol–water partition coefficient (Wildman–Crippen LogP) is 11.5. The highest BCUT2D eigenvalue weighted by atomic mass is 32.1. The number of benzene rings is 6. The molecule has 0 saturated carbocycles. The molecule has 9 rings (SSSR count). The summed E-state index contributed by atoms with van der Waals surface area (Å²) in [7, 11) is 0. The van der Waals surface area contributed by atoms with E-state index < -0.39 is 0 Å². The zero-order valence-corrected chi connectivity index (χ0v) is 24.6. The van der Waals surface area contributed by atoms with Gasteiger partial charge in [0.2, 0.25) is 0 Å². The van der Waals surface area contributed by atoms with E-state index in [0.29, 0.717) is 0 Å². The van der Waals surface area contributed by atoms with Gasteiger partial charge in [0.25, 0.3) is 0 Å². The van der Waals surface area contributed by atoms with Gasteiger partial charge >= 0.3 is 0 Å². The standard InChI is InChI=1S/C41H26N2S/c1-2-11-27(12-3-1)28-21-23-29(24-22-28)36-25-30(43-38-18-7-4-13-31(38)32-14-5-8-19-39(32)43)26-37(42-36)35-17-10-16-34-33-15-6-9-20-40(33)44-41(34)35/h1-26H. The fourth-order valence-corrected chi connectivity index (χ4v) is 7.77. The molecule has 0 radical (unpaired) electrons. The number of aromatic nitrogens is 2. The quantitative estimate of drug-likeness (QED) is 0.203. The second-order valence-electron chi connectivity index (χ2n) is 11.2. The lowest BCUT2D eigenvalue weighted by molar-refractivity contribution is 1.16. The number of thiophene rings is 1. The predicted molar refractivity (Wildman–Crippen MR) is 188 cm³/mol. The minimum absolute atomic E-state index is 0.956. The van der Waals surface area contributed by atoms with Gasteiger partial charge < -0.3 is 4.57 Å². The SMILES string of the molecule is c1ccc(-c2ccc(-c3cc(-n4c5ccccc5c5ccccc54)cc(-c4cccc5c4sc4ccccc45)n3)cc2)cc1. The van der Waals surface area contributed by atoms with E-state index in [9.17, 15) is 0 Å². The fraction of sp³-hybridized carbons (Fsp3) is 0. The van der Waals surface area contributed by atoms with E-state index in [1.54, 1.807) is 0 Å². The largest absolute Gasteiger partial charge is 0.309 e. The molecule has 0 saturated heterocycles. The summed E-state index contributed by atoms with van der Waals surface area (Å²) >= 11 is 1.85. The van der Waals surface area contributed by atoms with Crippen LogP contribution in [0, 0.1) is 0 Å². The van der Waals surface area contributed by atoms with Crippen LogP contribution in [0.3, 0.4) is 0 Å². The molecule has 3 aromatic heterocycles. The molecule has 2 nitrogen and oxygen atoms in total. The summed E-state index contributed by atoms with van der Waals surface area (Å²) in [4.78, 5) is 5.36. The normalized spacial score (nSPS) is 11.6. The van der Waals surface area contributed by atoms with Gasteiger partial charge in [0, 0.05) is 42.1 Å². The number of hydrogen-bond donors (Lipinski definition) is 0. The summed E-state index contributed by atoms with van der Waals surface area (Å²) in [6.07, 6.45) is 0. The molecule has 6 aromatic carbocycles. The Morgan fingerprint density at radius 2 is 1.00 bits per heavy atom. The zero-order chi connectivity index (χ0) is 29.0. The third kappa shape index (κ3) is 3.98. The van der Waals surface area contributed by atoms with Crippen molar-refractivity contribution in [3.05, 3.63) is 158 Å². The lowest BCUT2D eigenvalue weighted by Gasteiger charge is -2.14. The third-order valence-electron chi connectivity index (χ3n) is 8.62. The molecule has 0 bridgehead atoms. The van der Waals surface area contributed by atoms with Crippen molar-refractivity contribution in [3.63, 3.8) is 0 Å². The highest BCUT2D eigenvalue weighted by molar-refractivity contribution is 7.26. The van der Waals surface area contributed by atoms with Crippen LogP contribution in [0.4, 0.5) is 0 Å². The van der Waals surface area contributed by atoms with Crippen LogP contribution < -0.4 is 0 Å². The molecule has 44 heavy (non-hydrogen) atoms. The van der Waals surface area contributed by atoms with E-state index in [4.69, 9.17) is 4.98 Å². The highest BCUT2D eigenvalue weighted by Crippen LogP contribution is 2.41. The van der Waals surface area contributed by atoms with Crippen molar-refractivity contribution >= 4 is 53.3 Å². The maximum atomic E-state index is 5.36. The van der Waals surface area contributed by atoms with E-state index >= 15 is 0 Å². The van der Waals surface area contributed by atoms with Gasteiger partial charge in [-0.15, -0.1) is 11.3 Å². The van der Waals surface area contributed by atoms with E-state index in [0.717, 1.165) is 28.2 Å². The average molecular weight is 579 g/mol. The molecule has 3 heterocycles. The summed E-state index contributed by atoms with van der Waals surface area (Å²) < 4.78 is 4.96. The summed E-state index contributed by atoms with van der Waals surface area (Å²) in [5, 5.41) is 5.08. The molecular formula is C41H26N2S. The molecule has 0 aliphatic carbocycles. The second-order valence-corrected chi connectivity index (χ2v) is 12.2. The number of fused-ring (bicyclic) bond motifs is 6. The minimum Gasteiger partial charge on any atom is -0.309 e. The first-order chi connectivity index (χ1) is 21.8. The van der Waals surface area contributed by atoms with Gasteiger partial charge in [-0.2, -0.15) is 0 Å². The van der Waals surface area contributed by atoms with Crippen LogP contribution >= 0.6 is 11.3 Å². The van der Waals surface area contributed by atoms with Gasteiger partial charge in [0.1, 0.15) is 0 Å². The molecule has 206 valence electrons. The Hall–Kier alpha value is -5.51. The van der Waals surface area contributed by atoms with E-state index in [-0.39, 0.29) is 0 Å². The van der Waals surface area contributed by atoms with Crippen molar-refractivity contribution in [2.75, 3.05) is 0 Å². The van der Waals surface area contributed by atoms with Gasteiger partial charge in [-0.3, -0.25) is 0 Å². The molecule has 3 heteroatoms. The van der Waals surface area contributed by atoms with Crippen molar-refractivity contribution in [2.24, 2.45) is 0 Å². The van der Waals surface area contributed by atoms with Crippen molar-refractivity contribution in [1.29, 1.82) is 0 Å². The Balaban J connectivity index is 1.31. The summed E-state index contributed by atoms with van der Waals surface area (Å²) in [5.74, 6) is 0. The summed E-state index contributed by atoms with van der Waals surface area (Å²) in [6.45, 7) is 0. The Morgan fingerprint density at radius 3 is 1.75 bits per heavy atom. The smallest absolute Gasteiger partial charge is 0.0744 e. The number of nitrogens with zero attached hydrogens (tertiary/aromatic N) is 2. The molecule has 0 fully saturated rings. The molecule has 0 unspecified atom stereocenters. The Bertz CT molecular complexity index is 2430. The van der Waals surface area contributed by atoms with E-state index in [2.05, 4.69) is 162 Å². The van der Waals surface area contributed by atoms with Gasteiger partial charge in [-0.05, 0) is 41.5 Å². The summed E-state index contributed by atoms with van der Waals surface area (Å²) in [5.41, 5.74) is 10.1. The fourth-order valence-electron chi connectivity index (χ4n) is 6.54. The van der Waals surface area contributed by atoms with Crippen LogP contribution in [0.2, 0.25) is 0 Å². The topological polar surface area (TPSA) is 17.8 Å². The number of hydrogen-bond acceptors (Lipinski definition) is 2. The molecule has 0 spiro atoms. The van der Waals surface area contributed by atoms with Crippen molar-refractivity contribution < 1.29 is 0 Å². The van der Waals surface area contributed by atoms with Crippen LogP contribution in [0.25, 0.3) is 81.3 Å². The van der Waals surface area contributed by atoms with Crippen LogP contribution in [0.1, 0.15) is 0 Å². The van der Waals surface area contributed by atoms with Crippen LogP contribution in [0.15, 0.2) is 158 Å². The lowest BCUT2D eigenvalue weighted by Crippen LogP contribution is -1.98. The first-order valence-electron chi connectivity index (χ1n) is 14.9. The maximum absolute atomic E-state index is 5.36. The second kappa shape index (κ2) is 10.0. The molecule has 0 aliphatic heterocycles. The van der Waals surface area contributed by atoms with E-state index in [1.807, 2.05) is 11.3 Å². The summed E-state index contributed by atoms with van der Waals surface area (Å²) in [6, 6.07) is 56.5. The lowest BCUT2D eigenvalue weighted by atomic mass is 10.0. The maximum Gasteiger partial charge on any atom is 0.0744 e. The Labute approximate surface area is 259 Å². The van der Waals surface area contributed by atoms with Gasteiger partial charge in [-0.1, -0.05) is 127 Å². The minimum atomic E-state index is 0.956. The van der Waals surface area contributed by atoms with Gasteiger partial charge in [0.15, 0.2) is 0 Å². The van der Waals surface area contributed by atoms with Crippen LogP contribution in [-0.2, 0) is 0 Å². The van der Waals surface area contributed by atoms with Crippen molar-refractivity contribution in [2.45, 2.75) is 0 Å². The number of rotatable bonds is 4. The third-order valence-corrected chi connectivity index (χ3v) is 9.84. The number of para-hydroxylation sites is 2. The number of pyridine rings is 1. The average Bonchev–Trinajstić information content (AvgIpc) is 3.65. The van der Waals surface area contributed by atoms with Crippen molar-refractivity contribution in [3.8, 4) is 39.3 Å². The molecule has 0 N–H and O–H groups in total.